The van der Waals surface area contributed by atoms with Gasteiger partial charge in [-0.05, 0) is 61.7 Å². The van der Waals surface area contributed by atoms with Gasteiger partial charge in [0, 0.05) is 6.54 Å². The molecular formula is C16H27NO2. The highest BCUT2D eigenvalue weighted by molar-refractivity contribution is 5.82. The number of carbonyl (C=O) groups excluding carboxylic acids is 1. The molecule has 2 bridgehead atoms. The molecule has 0 aromatic rings. The van der Waals surface area contributed by atoms with Crippen molar-refractivity contribution in [2.75, 3.05) is 13.2 Å². The van der Waals surface area contributed by atoms with Gasteiger partial charge < -0.3 is 10.1 Å². The van der Waals surface area contributed by atoms with E-state index in [1.807, 2.05) is 0 Å². The molecule has 2 saturated carbocycles. The average Bonchev–Trinajstić information content (AvgIpc) is 2.70. The molecule has 0 aromatic carbocycles. The Morgan fingerprint density at radius 1 is 1.21 bits per heavy atom. The molecule has 3 nitrogen and oxygen atoms in total. The van der Waals surface area contributed by atoms with E-state index in [9.17, 15) is 4.79 Å². The van der Waals surface area contributed by atoms with Gasteiger partial charge in [-0.25, -0.2) is 0 Å². The molecule has 3 fully saturated rings. The molecule has 0 aromatic heterocycles. The van der Waals surface area contributed by atoms with Gasteiger partial charge in [-0.15, -0.1) is 0 Å². The predicted octanol–water partition coefficient (Wildman–Crippen LogP) is 2.74. The summed E-state index contributed by atoms with van der Waals surface area (Å²) in [7, 11) is 0. The summed E-state index contributed by atoms with van der Waals surface area (Å²) in [6.07, 6.45) is 7.39. The first-order valence-corrected chi connectivity index (χ1v) is 7.96. The summed E-state index contributed by atoms with van der Waals surface area (Å²) in [5.74, 6) is 2.65. The van der Waals surface area contributed by atoms with Crippen molar-refractivity contribution in [3.05, 3.63) is 0 Å². The Hall–Kier alpha value is -0.570. The summed E-state index contributed by atoms with van der Waals surface area (Å²) in [4.78, 5) is 11.6. The molecule has 19 heavy (non-hydrogen) atoms. The molecule has 0 spiro atoms. The molecule has 3 rings (SSSR count). The van der Waals surface area contributed by atoms with E-state index in [-0.39, 0.29) is 12.0 Å². The van der Waals surface area contributed by atoms with Crippen LogP contribution in [-0.4, -0.2) is 25.2 Å². The third-order valence-corrected chi connectivity index (χ3v) is 5.34. The number of nitrogens with one attached hydrogen (secondary N) is 1. The Morgan fingerprint density at radius 2 is 1.89 bits per heavy atom. The molecular weight excluding hydrogens is 238 g/mol. The van der Waals surface area contributed by atoms with E-state index in [2.05, 4.69) is 19.2 Å². The van der Waals surface area contributed by atoms with Gasteiger partial charge in [0.25, 0.3) is 0 Å². The largest absolute Gasteiger partial charge is 0.368 e. The van der Waals surface area contributed by atoms with Gasteiger partial charge in [0.05, 0.1) is 6.61 Å². The van der Waals surface area contributed by atoms with Crippen molar-refractivity contribution in [2.24, 2.45) is 23.2 Å². The molecule has 0 radical (unpaired) electrons. The Morgan fingerprint density at radius 3 is 2.47 bits per heavy atom. The van der Waals surface area contributed by atoms with Crippen LogP contribution in [0.15, 0.2) is 0 Å². The van der Waals surface area contributed by atoms with E-state index < -0.39 is 0 Å². The van der Waals surface area contributed by atoms with Crippen LogP contribution in [0.1, 0.15) is 52.4 Å². The summed E-state index contributed by atoms with van der Waals surface area (Å²) >= 11 is 0. The maximum atomic E-state index is 11.6. The number of carbonyl (C=O) groups is 1. The normalized spacial score (nSPS) is 46.1. The summed E-state index contributed by atoms with van der Waals surface area (Å²) in [5.41, 5.74) is 0.364. The summed E-state index contributed by atoms with van der Waals surface area (Å²) in [6.45, 7) is 6.36. The van der Waals surface area contributed by atoms with Crippen LogP contribution in [0.3, 0.4) is 0 Å². The lowest BCUT2D eigenvalue weighted by Gasteiger charge is -2.50. The Bertz CT molecular complexity index is 335. The zero-order valence-corrected chi connectivity index (χ0v) is 12.3. The van der Waals surface area contributed by atoms with E-state index >= 15 is 0 Å². The van der Waals surface area contributed by atoms with Crippen LogP contribution in [0.4, 0.5) is 0 Å². The molecule has 1 heterocycles. The molecule has 108 valence electrons. The first-order valence-electron chi connectivity index (χ1n) is 7.96. The molecule has 1 amide bonds. The smallest absolute Gasteiger partial charge is 0.249 e. The van der Waals surface area contributed by atoms with Crippen LogP contribution >= 0.6 is 0 Å². The van der Waals surface area contributed by atoms with Gasteiger partial charge in [0.1, 0.15) is 6.10 Å². The number of ether oxygens (including phenoxy) is 1. The standard InChI is InChI=1S/C16H27NO2/c1-11-5-13-6-12(2)8-16(7-11,9-13)10-19-14-3-4-17-15(14)18/h11-14H,3-10H2,1-2H3,(H,17,18). The maximum Gasteiger partial charge on any atom is 0.249 e. The fourth-order valence-corrected chi connectivity index (χ4v) is 5.09. The Labute approximate surface area is 116 Å². The van der Waals surface area contributed by atoms with Crippen molar-refractivity contribution < 1.29 is 9.53 Å². The fourth-order valence-electron chi connectivity index (χ4n) is 5.09. The topological polar surface area (TPSA) is 38.3 Å². The number of rotatable bonds is 3. The summed E-state index contributed by atoms with van der Waals surface area (Å²) in [6, 6.07) is 0. The van der Waals surface area contributed by atoms with Crippen molar-refractivity contribution in [1.29, 1.82) is 0 Å². The zero-order chi connectivity index (χ0) is 13.5. The van der Waals surface area contributed by atoms with Crippen molar-refractivity contribution in [3.8, 4) is 0 Å². The second-order valence-electron chi connectivity index (χ2n) is 7.54. The van der Waals surface area contributed by atoms with Crippen LogP contribution in [0, 0.1) is 23.2 Å². The second kappa shape index (κ2) is 5.08. The second-order valence-corrected chi connectivity index (χ2v) is 7.54. The van der Waals surface area contributed by atoms with Gasteiger partial charge in [0.15, 0.2) is 0 Å². The highest BCUT2D eigenvalue weighted by Crippen LogP contribution is 2.52. The highest BCUT2D eigenvalue weighted by Gasteiger charge is 2.45. The first kappa shape index (κ1) is 13.4. The molecule has 1 saturated heterocycles. The maximum absolute atomic E-state index is 11.6. The van der Waals surface area contributed by atoms with Crippen LogP contribution in [0.5, 0.6) is 0 Å². The van der Waals surface area contributed by atoms with E-state index in [0.29, 0.717) is 5.41 Å². The quantitative estimate of drug-likeness (QED) is 0.852. The molecule has 1 aliphatic heterocycles. The first-order chi connectivity index (χ1) is 9.06. The van der Waals surface area contributed by atoms with Gasteiger partial charge in [-0.1, -0.05) is 13.8 Å². The molecule has 3 aliphatic rings. The van der Waals surface area contributed by atoms with Crippen molar-refractivity contribution in [2.45, 2.75) is 58.5 Å². The predicted molar refractivity (Wildman–Crippen MR) is 74.7 cm³/mol. The monoisotopic (exact) mass is 265 g/mol. The van der Waals surface area contributed by atoms with E-state index in [4.69, 9.17) is 4.74 Å². The molecule has 3 heteroatoms. The zero-order valence-electron chi connectivity index (χ0n) is 12.3. The van der Waals surface area contributed by atoms with Gasteiger partial charge in [-0.2, -0.15) is 0 Å². The lowest BCUT2D eigenvalue weighted by atomic mass is 9.57. The minimum atomic E-state index is -0.178. The third kappa shape index (κ3) is 2.81. The molecule has 2 aliphatic carbocycles. The molecule has 1 N–H and O–H groups in total. The van der Waals surface area contributed by atoms with E-state index in [0.717, 1.165) is 37.3 Å². The van der Waals surface area contributed by atoms with Crippen LogP contribution in [-0.2, 0) is 9.53 Å². The van der Waals surface area contributed by atoms with Crippen molar-refractivity contribution in [1.82, 2.24) is 5.32 Å². The number of amides is 1. The van der Waals surface area contributed by atoms with Gasteiger partial charge in [-0.3, -0.25) is 4.79 Å². The van der Waals surface area contributed by atoms with Gasteiger partial charge >= 0.3 is 0 Å². The lowest BCUT2D eigenvalue weighted by molar-refractivity contribution is -0.134. The lowest BCUT2D eigenvalue weighted by Crippen LogP contribution is -2.43. The third-order valence-electron chi connectivity index (χ3n) is 5.34. The Kier molecular flexibility index (Phi) is 3.59. The van der Waals surface area contributed by atoms with Crippen LogP contribution in [0.25, 0.3) is 0 Å². The Balaban J connectivity index is 1.64. The van der Waals surface area contributed by atoms with Crippen LogP contribution < -0.4 is 5.32 Å². The van der Waals surface area contributed by atoms with E-state index in [1.165, 1.54) is 32.1 Å². The minimum Gasteiger partial charge on any atom is -0.368 e. The molecule has 3 unspecified atom stereocenters. The molecule has 3 atom stereocenters. The van der Waals surface area contributed by atoms with Crippen molar-refractivity contribution >= 4 is 5.91 Å². The van der Waals surface area contributed by atoms with Gasteiger partial charge in [0.2, 0.25) is 5.91 Å². The fraction of sp³-hybridized carbons (Fsp3) is 0.938. The number of fused-ring (bicyclic) bond motifs is 2. The SMILES string of the molecule is CC1CC2CC(C)CC(COC3CCNC3=O)(C1)C2. The highest BCUT2D eigenvalue weighted by atomic mass is 16.5. The van der Waals surface area contributed by atoms with Crippen molar-refractivity contribution in [3.63, 3.8) is 0 Å². The van der Waals surface area contributed by atoms with Crippen LogP contribution in [0.2, 0.25) is 0 Å². The minimum absolute atomic E-state index is 0.0978. The summed E-state index contributed by atoms with van der Waals surface area (Å²) in [5, 5.41) is 2.86. The average molecular weight is 265 g/mol. The summed E-state index contributed by atoms with van der Waals surface area (Å²) < 4.78 is 6.02. The number of hydrogen-bond acceptors (Lipinski definition) is 2. The number of hydrogen-bond donors (Lipinski definition) is 1. The van der Waals surface area contributed by atoms with E-state index in [1.54, 1.807) is 0 Å².